The number of hydrogen-bond acceptors (Lipinski definition) is 4. The third kappa shape index (κ3) is 5.92. The summed E-state index contributed by atoms with van der Waals surface area (Å²) in [6.07, 6.45) is -1.74. The highest BCUT2D eigenvalue weighted by Crippen LogP contribution is 2.43. The summed E-state index contributed by atoms with van der Waals surface area (Å²) in [5.74, 6) is -0.884. The molecule has 2 aromatic heterocycles. The molecule has 1 amide bonds. The molecule has 0 spiro atoms. The van der Waals surface area contributed by atoms with E-state index in [1.807, 2.05) is 19.9 Å². The highest BCUT2D eigenvalue weighted by Gasteiger charge is 2.38. The van der Waals surface area contributed by atoms with Crippen molar-refractivity contribution in [3.8, 4) is 5.75 Å². The summed E-state index contributed by atoms with van der Waals surface area (Å²) in [7, 11) is 0. The van der Waals surface area contributed by atoms with Gasteiger partial charge in [0.05, 0.1) is 17.1 Å². The van der Waals surface area contributed by atoms with Gasteiger partial charge in [0.2, 0.25) is 0 Å². The van der Waals surface area contributed by atoms with E-state index >= 15 is 0 Å². The van der Waals surface area contributed by atoms with Gasteiger partial charge in [0.25, 0.3) is 5.91 Å². The third-order valence-corrected chi connectivity index (χ3v) is 7.07. The average molecular weight is 536 g/mol. The Morgan fingerprint density at radius 2 is 1.95 bits per heavy atom. The maximum atomic E-state index is 13.8. The zero-order valence-electron chi connectivity index (χ0n) is 20.7. The molecule has 1 unspecified atom stereocenters. The third-order valence-electron chi connectivity index (χ3n) is 6.69. The van der Waals surface area contributed by atoms with Crippen molar-refractivity contribution in [2.24, 2.45) is 0 Å². The first-order valence-electron chi connectivity index (χ1n) is 12.4. The van der Waals surface area contributed by atoms with Crippen molar-refractivity contribution >= 4 is 28.8 Å². The Kier molecular flexibility index (Phi) is 7.83. The number of halogens is 4. The molecule has 6 nitrogen and oxygen atoms in total. The molecule has 0 saturated heterocycles. The molecular weight excluding hydrogens is 507 g/mol. The minimum atomic E-state index is -4.68. The van der Waals surface area contributed by atoms with Crippen LogP contribution in [0.1, 0.15) is 85.1 Å². The number of alkyl halides is 3. The smallest absolute Gasteiger partial charge is 0.433 e. The van der Waals surface area contributed by atoms with Crippen LogP contribution in [0.5, 0.6) is 5.75 Å². The molecule has 198 valence electrons. The largest absolute Gasteiger partial charge is 0.508 e. The van der Waals surface area contributed by atoms with E-state index in [1.165, 1.54) is 4.90 Å². The Bertz CT molecular complexity index is 1320. The highest BCUT2D eigenvalue weighted by molar-refractivity contribution is 6.36. The van der Waals surface area contributed by atoms with Crippen molar-refractivity contribution in [3.05, 3.63) is 63.9 Å². The minimum Gasteiger partial charge on any atom is -0.508 e. The number of rotatable bonds is 10. The zero-order chi connectivity index (χ0) is 26.9. The number of carbonyl (C=O) groups is 2. The van der Waals surface area contributed by atoms with Gasteiger partial charge in [-0.15, -0.1) is 0 Å². The molecule has 1 N–H and O–H groups in total. The number of phenolic OH excluding ortho intramolecular Hbond substituents is 1. The summed E-state index contributed by atoms with van der Waals surface area (Å²) >= 11 is 6.45. The number of carbonyl (C=O) groups excluding carboxylic acids is 2. The van der Waals surface area contributed by atoms with E-state index in [4.69, 9.17) is 11.6 Å². The van der Waals surface area contributed by atoms with Crippen LogP contribution in [0, 0.1) is 0 Å². The van der Waals surface area contributed by atoms with Gasteiger partial charge in [0.15, 0.2) is 11.5 Å². The summed E-state index contributed by atoms with van der Waals surface area (Å²) in [5, 5.41) is 13.6. The van der Waals surface area contributed by atoms with E-state index in [2.05, 4.69) is 5.10 Å². The van der Waals surface area contributed by atoms with E-state index in [1.54, 1.807) is 24.3 Å². The quantitative estimate of drug-likeness (QED) is 0.317. The van der Waals surface area contributed by atoms with E-state index in [0.717, 1.165) is 24.5 Å². The molecule has 37 heavy (non-hydrogen) atoms. The zero-order valence-corrected chi connectivity index (χ0v) is 21.4. The second-order valence-corrected chi connectivity index (χ2v) is 9.95. The van der Waals surface area contributed by atoms with Gasteiger partial charge in [-0.1, -0.05) is 37.6 Å². The number of phenols is 1. The Balaban J connectivity index is 1.61. The molecule has 1 saturated carbocycles. The van der Waals surface area contributed by atoms with Crippen molar-refractivity contribution in [2.75, 3.05) is 13.1 Å². The van der Waals surface area contributed by atoms with Crippen LogP contribution < -0.4 is 0 Å². The van der Waals surface area contributed by atoms with E-state index in [0.29, 0.717) is 22.9 Å². The average Bonchev–Trinajstić information content (AvgIpc) is 3.64. The van der Waals surface area contributed by atoms with E-state index < -0.39 is 17.8 Å². The summed E-state index contributed by atoms with van der Waals surface area (Å²) in [4.78, 5) is 27.7. The van der Waals surface area contributed by atoms with Crippen molar-refractivity contribution in [1.29, 1.82) is 0 Å². The van der Waals surface area contributed by atoms with E-state index in [9.17, 15) is 27.9 Å². The molecule has 0 bridgehead atoms. The summed E-state index contributed by atoms with van der Waals surface area (Å²) < 4.78 is 42.2. The van der Waals surface area contributed by atoms with Crippen molar-refractivity contribution in [2.45, 2.75) is 64.0 Å². The van der Waals surface area contributed by atoms with Crippen LogP contribution in [-0.4, -0.2) is 44.4 Å². The molecule has 1 atom stereocenters. The predicted molar refractivity (Wildman–Crippen MR) is 134 cm³/mol. The molecular formula is C27H29ClF3N3O3. The van der Waals surface area contributed by atoms with Crippen LogP contribution in [0.3, 0.4) is 0 Å². The summed E-state index contributed by atoms with van der Waals surface area (Å²) in [6, 6.07) is 9.34. The van der Waals surface area contributed by atoms with Crippen molar-refractivity contribution in [1.82, 2.24) is 14.5 Å². The lowest BCUT2D eigenvalue weighted by Gasteiger charge is -2.22. The number of pyridine rings is 1. The van der Waals surface area contributed by atoms with Crippen LogP contribution >= 0.6 is 11.6 Å². The normalized spacial score (nSPS) is 14.6. The van der Waals surface area contributed by atoms with Crippen LogP contribution in [0.2, 0.25) is 5.02 Å². The number of ketones is 1. The van der Waals surface area contributed by atoms with Crippen molar-refractivity contribution in [3.63, 3.8) is 0 Å². The van der Waals surface area contributed by atoms with Crippen LogP contribution in [0.15, 0.2) is 36.4 Å². The maximum absolute atomic E-state index is 13.8. The lowest BCUT2D eigenvalue weighted by atomic mass is 9.91. The predicted octanol–water partition coefficient (Wildman–Crippen LogP) is 6.59. The molecule has 2 heterocycles. The number of aromatic nitrogens is 2. The van der Waals surface area contributed by atoms with Gasteiger partial charge in [0.1, 0.15) is 11.4 Å². The Morgan fingerprint density at radius 1 is 1.22 bits per heavy atom. The Hall–Kier alpha value is -3.07. The fraction of sp³-hybridized carbons (Fsp3) is 0.444. The number of fused-ring (bicyclic) bond motifs is 1. The first-order chi connectivity index (χ1) is 17.5. The standard InChI is InChI=1S/C27H29ClF3N3O3/c1-3-10-33(15-21(36)11-16(4-2)18-6-5-7-20(35)12-18)26(37)25-24(28)22-13-19(17-8-9-17)14-23(27(29,30)31)34(22)32-25/h5-7,12-14,16-17,35H,3-4,8-11,15H2,1-2H3. The molecule has 10 heteroatoms. The number of nitrogens with zero attached hydrogens (tertiary/aromatic N) is 3. The number of amides is 1. The highest BCUT2D eigenvalue weighted by atomic mass is 35.5. The second kappa shape index (κ2) is 10.7. The first kappa shape index (κ1) is 27.0. The molecule has 1 aliphatic carbocycles. The van der Waals surface area contributed by atoms with Gasteiger partial charge in [-0.05, 0) is 72.9 Å². The second-order valence-electron chi connectivity index (χ2n) is 9.58. The van der Waals surface area contributed by atoms with Gasteiger partial charge in [-0.2, -0.15) is 18.3 Å². The summed E-state index contributed by atoms with van der Waals surface area (Å²) in [6.45, 7) is 3.77. The SMILES string of the molecule is CCCN(CC(=O)CC(CC)c1cccc(O)c1)C(=O)c1nn2c(C(F)(F)F)cc(C3CC3)cc2c1Cl. The van der Waals surface area contributed by atoms with Crippen LogP contribution in [0.25, 0.3) is 5.52 Å². The van der Waals surface area contributed by atoms with Gasteiger partial charge in [-0.25, -0.2) is 4.52 Å². The fourth-order valence-corrected chi connectivity index (χ4v) is 4.88. The molecule has 1 aromatic carbocycles. The monoisotopic (exact) mass is 535 g/mol. The molecule has 4 rings (SSSR count). The number of aromatic hydroxyl groups is 1. The Morgan fingerprint density at radius 3 is 2.54 bits per heavy atom. The van der Waals surface area contributed by atoms with Gasteiger partial charge in [-0.3, -0.25) is 9.59 Å². The molecule has 0 aliphatic heterocycles. The van der Waals surface area contributed by atoms with Gasteiger partial charge < -0.3 is 10.0 Å². The van der Waals surface area contributed by atoms with Gasteiger partial charge >= 0.3 is 6.18 Å². The lowest BCUT2D eigenvalue weighted by molar-refractivity contribution is -0.142. The molecule has 0 radical (unpaired) electrons. The van der Waals surface area contributed by atoms with Crippen LogP contribution in [-0.2, 0) is 11.0 Å². The topological polar surface area (TPSA) is 74.9 Å². The van der Waals surface area contributed by atoms with Gasteiger partial charge in [0, 0.05) is 13.0 Å². The number of hydrogen-bond donors (Lipinski definition) is 1. The van der Waals surface area contributed by atoms with Crippen LogP contribution in [0.4, 0.5) is 13.2 Å². The number of benzene rings is 1. The minimum absolute atomic E-state index is 0.0273. The molecule has 3 aromatic rings. The fourth-order valence-electron chi connectivity index (χ4n) is 4.63. The summed E-state index contributed by atoms with van der Waals surface area (Å²) in [5.41, 5.74) is 0.0845. The lowest BCUT2D eigenvalue weighted by Crippen LogP contribution is -2.37. The van der Waals surface area contributed by atoms with Crippen molar-refractivity contribution < 1.29 is 27.9 Å². The maximum Gasteiger partial charge on any atom is 0.433 e. The first-order valence-corrected chi connectivity index (χ1v) is 12.8. The molecule has 1 aliphatic rings. The number of Topliss-reactive ketones (excluding diaryl/α,β-unsaturated/α-hetero) is 1. The Labute approximate surface area is 218 Å². The van der Waals surface area contributed by atoms with E-state index in [-0.39, 0.29) is 59.1 Å². The molecule has 1 fully saturated rings.